The molecular formula is C13H14FNO. The molecule has 0 saturated heterocycles. The molecule has 1 aromatic heterocycles. The Morgan fingerprint density at radius 1 is 1.38 bits per heavy atom. The molecule has 1 heterocycles. The van der Waals surface area contributed by atoms with Crippen LogP contribution in [0.2, 0.25) is 0 Å². The zero-order valence-corrected chi connectivity index (χ0v) is 9.11. The van der Waals surface area contributed by atoms with Gasteiger partial charge in [-0.3, -0.25) is 0 Å². The van der Waals surface area contributed by atoms with Gasteiger partial charge in [0.2, 0.25) is 0 Å². The maximum atomic E-state index is 13.2. The van der Waals surface area contributed by atoms with Gasteiger partial charge < -0.3 is 10.2 Å². The smallest absolute Gasteiger partial charge is 0.123 e. The Bertz CT molecular complexity index is 445. The standard InChI is InChI=1S/C13H14FNO/c1-9-4-11(7-12(14)5-9)13(15)6-10-2-3-16-8-10/h2-5,7-8,13H,6,15H2,1H3. The van der Waals surface area contributed by atoms with Crippen molar-refractivity contribution in [1.82, 2.24) is 0 Å². The molecule has 0 amide bonds. The molecule has 1 atom stereocenters. The Morgan fingerprint density at radius 3 is 2.81 bits per heavy atom. The highest BCUT2D eigenvalue weighted by Gasteiger charge is 2.09. The van der Waals surface area contributed by atoms with Crippen molar-refractivity contribution in [2.24, 2.45) is 5.73 Å². The highest BCUT2D eigenvalue weighted by molar-refractivity contribution is 5.27. The number of halogens is 1. The van der Waals surface area contributed by atoms with Crippen molar-refractivity contribution in [3.05, 3.63) is 59.3 Å². The molecule has 0 aliphatic rings. The molecule has 2 aromatic rings. The lowest BCUT2D eigenvalue weighted by molar-refractivity contribution is 0.561. The maximum absolute atomic E-state index is 13.2. The first-order chi connectivity index (χ1) is 7.65. The van der Waals surface area contributed by atoms with Gasteiger partial charge in [0.05, 0.1) is 12.5 Å². The molecule has 16 heavy (non-hydrogen) atoms. The summed E-state index contributed by atoms with van der Waals surface area (Å²) in [6.45, 7) is 1.86. The van der Waals surface area contributed by atoms with Gasteiger partial charge in [0.25, 0.3) is 0 Å². The number of hydrogen-bond acceptors (Lipinski definition) is 2. The Morgan fingerprint density at radius 2 is 2.19 bits per heavy atom. The topological polar surface area (TPSA) is 39.2 Å². The Kier molecular flexibility index (Phi) is 3.06. The van der Waals surface area contributed by atoms with E-state index in [0.29, 0.717) is 6.42 Å². The quantitative estimate of drug-likeness (QED) is 0.861. The lowest BCUT2D eigenvalue weighted by atomic mass is 10.00. The van der Waals surface area contributed by atoms with Gasteiger partial charge in [-0.25, -0.2) is 4.39 Å². The van der Waals surface area contributed by atoms with Crippen molar-refractivity contribution in [1.29, 1.82) is 0 Å². The van der Waals surface area contributed by atoms with E-state index in [1.165, 1.54) is 12.1 Å². The van der Waals surface area contributed by atoms with E-state index in [9.17, 15) is 4.39 Å². The van der Waals surface area contributed by atoms with E-state index in [4.69, 9.17) is 10.2 Å². The van der Waals surface area contributed by atoms with Crippen LogP contribution in [0.25, 0.3) is 0 Å². The summed E-state index contributed by atoms with van der Waals surface area (Å²) in [6, 6.07) is 6.55. The van der Waals surface area contributed by atoms with Gasteiger partial charge in [-0.05, 0) is 48.2 Å². The minimum Gasteiger partial charge on any atom is -0.472 e. The third kappa shape index (κ3) is 2.49. The van der Waals surface area contributed by atoms with Crippen molar-refractivity contribution in [3.8, 4) is 0 Å². The molecule has 0 fully saturated rings. The first kappa shape index (κ1) is 10.9. The van der Waals surface area contributed by atoms with Crippen LogP contribution in [0.3, 0.4) is 0 Å². The van der Waals surface area contributed by atoms with Crippen LogP contribution in [-0.2, 0) is 6.42 Å². The van der Waals surface area contributed by atoms with Gasteiger partial charge >= 0.3 is 0 Å². The second kappa shape index (κ2) is 4.49. The zero-order valence-electron chi connectivity index (χ0n) is 9.11. The Balaban J connectivity index is 2.17. The first-order valence-electron chi connectivity index (χ1n) is 5.19. The van der Waals surface area contributed by atoms with Gasteiger partial charge in [-0.15, -0.1) is 0 Å². The molecule has 0 aliphatic heterocycles. The minimum atomic E-state index is -0.238. The van der Waals surface area contributed by atoms with Gasteiger partial charge in [0, 0.05) is 6.04 Å². The van der Waals surface area contributed by atoms with Gasteiger partial charge in [-0.2, -0.15) is 0 Å². The third-order valence-corrected chi connectivity index (χ3v) is 2.53. The molecule has 0 radical (unpaired) electrons. The highest BCUT2D eigenvalue weighted by atomic mass is 19.1. The zero-order chi connectivity index (χ0) is 11.5. The van der Waals surface area contributed by atoms with Crippen LogP contribution in [0.4, 0.5) is 4.39 Å². The third-order valence-electron chi connectivity index (χ3n) is 2.53. The van der Waals surface area contributed by atoms with E-state index in [1.54, 1.807) is 12.5 Å². The summed E-state index contributed by atoms with van der Waals surface area (Å²) in [7, 11) is 0. The van der Waals surface area contributed by atoms with Crippen LogP contribution in [0, 0.1) is 12.7 Å². The molecule has 0 bridgehead atoms. The normalized spacial score (nSPS) is 12.7. The average molecular weight is 219 g/mol. The molecule has 2 N–H and O–H groups in total. The van der Waals surface area contributed by atoms with Gasteiger partial charge in [0.1, 0.15) is 5.82 Å². The summed E-state index contributed by atoms with van der Waals surface area (Å²) in [6.07, 6.45) is 3.92. The largest absolute Gasteiger partial charge is 0.472 e. The van der Waals surface area contributed by atoms with E-state index >= 15 is 0 Å². The second-order valence-electron chi connectivity index (χ2n) is 4.00. The summed E-state index contributed by atoms with van der Waals surface area (Å²) in [4.78, 5) is 0. The fourth-order valence-corrected chi connectivity index (χ4v) is 1.76. The second-order valence-corrected chi connectivity index (χ2v) is 4.00. The fourth-order valence-electron chi connectivity index (χ4n) is 1.76. The fraction of sp³-hybridized carbons (Fsp3) is 0.231. The molecule has 1 aromatic carbocycles. The number of rotatable bonds is 3. The molecule has 84 valence electrons. The molecular weight excluding hydrogens is 205 g/mol. The number of hydrogen-bond donors (Lipinski definition) is 1. The van der Waals surface area contributed by atoms with Crippen LogP contribution >= 0.6 is 0 Å². The van der Waals surface area contributed by atoms with Crippen molar-refractivity contribution in [3.63, 3.8) is 0 Å². The molecule has 2 nitrogen and oxygen atoms in total. The number of benzene rings is 1. The predicted molar refractivity (Wildman–Crippen MR) is 60.5 cm³/mol. The number of nitrogens with two attached hydrogens (primary N) is 1. The molecule has 0 saturated carbocycles. The van der Waals surface area contributed by atoms with Crippen molar-refractivity contribution >= 4 is 0 Å². The maximum Gasteiger partial charge on any atom is 0.123 e. The molecule has 0 aliphatic carbocycles. The predicted octanol–water partition coefficient (Wildman–Crippen LogP) is 2.97. The summed E-state index contributed by atoms with van der Waals surface area (Å²) < 4.78 is 18.2. The van der Waals surface area contributed by atoms with E-state index in [1.807, 2.05) is 19.1 Å². The van der Waals surface area contributed by atoms with Crippen LogP contribution in [0.15, 0.2) is 41.2 Å². The SMILES string of the molecule is Cc1cc(F)cc(C(N)Cc2ccoc2)c1. The average Bonchev–Trinajstić information content (AvgIpc) is 2.68. The lowest BCUT2D eigenvalue weighted by Crippen LogP contribution is -2.13. The number of furan rings is 1. The van der Waals surface area contributed by atoms with Crippen LogP contribution in [0.5, 0.6) is 0 Å². The lowest BCUT2D eigenvalue weighted by Gasteiger charge is -2.11. The first-order valence-corrected chi connectivity index (χ1v) is 5.19. The monoisotopic (exact) mass is 219 g/mol. The number of aryl methyl sites for hydroxylation is 1. The van der Waals surface area contributed by atoms with E-state index < -0.39 is 0 Å². The minimum absolute atomic E-state index is 0.202. The van der Waals surface area contributed by atoms with E-state index in [-0.39, 0.29) is 11.9 Å². The Hall–Kier alpha value is -1.61. The van der Waals surface area contributed by atoms with E-state index in [2.05, 4.69) is 0 Å². The van der Waals surface area contributed by atoms with Crippen LogP contribution in [0.1, 0.15) is 22.7 Å². The van der Waals surface area contributed by atoms with Gasteiger partial charge in [0.15, 0.2) is 0 Å². The van der Waals surface area contributed by atoms with Crippen molar-refractivity contribution in [2.45, 2.75) is 19.4 Å². The van der Waals surface area contributed by atoms with E-state index in [0.717, 1.165) is 16.7 Å². The molecule has 3 heteroatoms. The molecule has 1 unspecified atom stereocenters. The summed E-state index contributed by atoms with van der Waals surface area (Å²) in [5, 5.41) is 0. The van der Waals surface area contributed by atoms with Gasteiger partial charge in [-0.1, -0.05) is 6.07 Å². The summed E-state index contributed by atoms with van der Waals surface area (Å²) in [5.74, 6) is -0.238. The van der Waals surface area contributed by atoms with Crippen LogP contribution < -0.4 is 5.73 Å². The summed E-state index contributed by atoms with van der Waals surface area (Å²) >= 11 is 0. The van der Waals surface area contributed by atoms with Crippen LogP contribution in [-0.4, -0.2) is 0 Å². The molecule has 2 rings (SSSR count). The Labute approximate surface area is 93.9 Å². The molecule has 0 spiro atoms. The van der Waals surface area contributed by atoms with Crippen molar-refractivity contribution < 1.29 is 8.81 Å². The highest BCUT2D eigenvalue weighted by Crippen LogP contribution is 2.18. The summed E-state index contributed by atoms with van der Waals surface area (Å²) in [5.41, 5.74) is 8.74. The van der Waals surface area contributed by atoms with Crippen molar-refractivity contribution in [2.75, 3.05) is 0 Å².